The van der Waals surface area contributed by atoms with E-state index < -0.39 is 54.6 Å². The molecule has 0 radical (unpaired) electrons. The molecule has 1 unspecified atom stereocenters. The first-order chi connectivity index (χ1) is 17.8. The molecule has 1 atom stereocenters. The summed E-state index contributed by atoms with van der Waals surface area (Å²) in [5.74, 6) is -1.72. The van der Waals surface area contributed by atoms with Crippen LogP contribution in [0.25, 0.3) is 0 Å². The number of hydrogen-bond donors (Lipinski definition) is 4. The maximum absolute atomic E-state index is 14.2. The third kappa shape index (κ3) is 10.7. The zero-order valence-electron chi connectivity index (χ0n) is 19.3. The number of hydrogen-bond acceptors (Lipinski definition) is 9. The SMILES string of the molecule is N=N/C(=C\NCC(F)CCc1nnc(C(=O)NCc2cncc(C(F)(F)F)c2)s1)C(=O)NCCC(F)(F)F. The molecule has 2 aromatic rings. The normalized spacial score (nSPS) is 13.1. The number of aromatic nitrogens is 3. The Hall–Kier alpha value is -3.70. The molecule has 38 heavy (non-hydrogen) atoms. The van der Waals surface area contributed by atoms with Gasteiger partial charge in [-0.15, -0.1) is 10.2 Å². The quantitative estimate of drug-likeness (QED) is 0.164. The first kappa shape index (κ1) is 30.5. The molecule has 0 aromatic carbocycles. The number of carbonyl (C=O) groups is 2. The maximum atomic E-state index is 14.2. The molecule has 2 rings (SSSR count). The summed E-state index contributed by atoms with van der Waals surface area (Å²) in [6.45, 7) is -1.25. The Morgan fingerprint density at radius 1 is 1.13 bits per heavy atom. The lowest BCUT2D eigenvalue weighted by molar-refractivity contribution is -0.138. The summed E-state index contributed by atoms with van der Waals surface area (Å²) in [6.07, 6.45) is -9.02. The summed E-state index contributed by atoms with van der Waals surface area (Å²) in [4.78, 5) is 27.4. The van der Waals surface area contributed by atoms with E-state index in [1.54, 1.807) is 0 Å². The van der Waals surface area contributed by atoms with Crippen molar-refractivity contribution in [2.75, 3.05) is 13.1 Å². The van der Waals surface area contributed by atoms with Gasteiger partial charge in [0, 0.05) is 44.6 Å². The van der Waals surface area contributed by atoms with Crippen molar-refractivity contribution in [1.29, 1.82) is 5.53 Å². The number of pyridine rings is 1. The van der Waals surface area contributed by atoms with Crippen LogP contribution in [-0.2, 0) is 23.9 Å². The summed E-state index contributed by atoms with van der Waals surface area (Å²) >= 11 is 0.869. The smallest absolute Gasteiger partial charge is 0.386 e. The number of rotatable bonds is 13. The molecule has 0 saturated heterocycles. The number of nitrogens with zero attached hydrogens (tertiary/aromatic N) is 4. The van der Waals surface area contributed by atoms with Crippen molar-refractivity contribution in [3.63, 3.8) is 0 Å². The van der Waals surface area contributed by atoms with Gasteiger partial charge < -0.3 is 16.0 Å². The summed E-state index contributed by atoms with van der Waals surface area (Å²) < 4.78 is 88.8. The minimum Gasteiger partial charge on any atom is -0.386 e. The largest absolute Gasteiger partial charge is 0.417 e. The minimum atomic E-state index is -4.57. The number of carbonyl (C=O) groups excluding carboxylic acids is 2. The fourth-order valence-corrected chi connectivity index (χ4v) is 3.44. The van der Waals surface area contributed by atoms with E-state index in [4.69, 9.17) is 5.53 Å². The van der Waals surface area contributed by atoms with Crippen LogP contribution < -0.4 is 16.0 Å². The summed E-state index contributed by atoms with van der Waals surface area (Å²) in [6, 6.07) is 0.852. The zero-order valence-corrected chi connectivity index (χ0v) is 20.1. The second kappa shape index (κ2) is 13.7. The van der Waals surface area contributed by atoms with Gasteiger partial charge in [0.1, 0.15) is 11.2 Å². The van der Waals surface area contributed by atoms with Crippen molar-refractivity contribution in [3.05, 3.63) is 51.5 Å². The van der Waals surface area contributed by atoms with Crippen molar-refractivity contribution < 1.29 is 40.3 Å². The summed E-state index contributed by atoms with van der Waals surface area (Å²) in [5.41, 5.74) is 5.55. The first-order valence-electron chi connectivity index (χ1n) is 10.7. The summed E-state index contributed by atoms with van der Waals surface area (Å²) in [5, 5.41) is 17.4. The van der Waals surface area contributed by atoms with E-state index in [2.05, 4.69) is 30.9 Å². The number of alkyl halides is 7. The molecule has 0 spiro atoms. The highest BCUT2D eigenvalue weighted by Gasteiger charge is 2.31. The Morgan fingerprint density at radius 2 is 1.87 bits per heavy atom. The van der Waals surface area contributed by atoms with Gasteiger partial charge in [0.15, 0.2) is 5.70 Å². The van der Waals surface area contributed by atoms with Gasteiger partial charge in [-0.05, 0) is 18.1 Å². The average Bonchev–Trinajstić information content (AvgIpc) is 3.32. The topological polar surface area (TPSA) is 145 Å². The van der Waals surface area contributed by atoms with Crippen LogP contribution in [0.2, 0.25) is 0 Å². The molecule has 2 heterocycles. The highest BCUT2D eigenvalue weighted by molar-refractivity contribution is 7.13. The van der Waals surface area contributed by atoms with Crippen molar-refractivity contribution in [1.82, 2.24) is 31.1 Å². The minimum absolute atomic E-state index is 0.0713. The second-order valence-electron chi connectivity index (χ2n) is 7.57. The van der Waals surface area contributed by atoms with Gasteiger partial charge in [-0.25, -0.2) is 9.92 Å². The van der Waals surface area contributed by atoms with Crippen LogP contribution in [0.4, 0.5) is 30.7 Å². The fourth-order valence-electron chi connectivity index (χ4n) is 2.67. The van der Waals surface area contributed by atoms with E-state index in [9.17, 15) is 40.3 Å². The van der Waals surface area contributed by atoms with Crippen LogP contribution in [0, 0.1) is 5.53 Å². The molecule has 0 fully saturated rings. The number of aryl methyl sites for hydroxylation is 1. The number of halogens is 7. The van der Waals surface area contributed by atoms with Gasteiger partial charge >= 0.3 is 12.4 Å². The molecule has 0 saturated carbocycles. The Bertz CT molecular complexity index is 1140. The molecule has 0 aliphatic rings. The van der Waals surface area contributed by atoms with Crippen molar-refractivity contribution >= 4 is 23.2 Å². The van der Waals surface area contributed by atoms with Crippen LogP contribution in [0.1, 0.15) is 38.8 Å². The Balaban J connectivity index is 1.76. The average molecular weight is 570 g/mol. The third-order valence-corrected chi connectivity index (χ3v) is 5.51. The second-order valence-corrected chi connectivity index (χ2v) is 8.63. The van der Waals surface area contributed by atoms with Gasteiger partial charge in [-0.2, -0.15) is 31.5 Å². The van der Waals surface area contributed by atoms with Crippen molar-refractivity contribution in [2.45, 2.75) is 44.3 Å². The third-order valence-electron chi connectivity index (χ3n) is 4.53. The molecule has 4 N–H and O–H groups in total. The van der Waals surface area contributed by atoms with Crippen LogP contribution in [0.3, 0.4) is 0 Å². The zero-order chi connectivity index (χ0) is 28.3. The molecule has 10 nitrogen and oxygen atoms in total. The van der Waals surface area contributed by atoms with E-state index in [0.29, 0.717) is 11.2 Å². The predicted octanol–water partition coefficient (Wildman–Crippen LogP) is 3.68. The molecule has 208 valence electrons. The van der Waals surface area contributed by atoms with E-state index >= 15 is 0 Å². The maximum Gasteiger partial charge on any atom is 0.417 e. The van der Waals surface area contributed by atoms with Crippen LogP contribution in [0.5, 0.6) is 0 Å². The van der Waals surface area contributed by atoms with E-state index in [-0.39, 0.29) is 36.5 Å². The molecular weight excluding hydrogens is 549 g/mol. The molecule has 2 amide bonds. The Labute approximate surface area is 214 Å². The molecule has 18 heteroatoms. The van der Waals surface area contributed by atoms with Crippen molar-refractivity contribution in [3.8, 4) is 0 Å². The lowest BCUT2D eigenvalue weighted by atomic mass is 10.2. The Kier molecular flexibility index (Phi) is 11.0. The van der Waals surface area contributed by atoms with Crippen LogP contribution in [-0.4, -0.2) is 52.4 Å². The fraction of sp³-hybridized carbons (Fsp3) is 0.450. The van der Waals surface area contributed by atoms with Crippen molar-refractivity contribution in [2.24, 2.45) is 5.11 Å². The van der Waals surface area contributed by atoms with Gasteiger partial charge in [0.2, 0.25) is 5.01 Å². The first-order valence-corrected chi connectivity index (χ1v) is 11.5. The van der Waals surface area contributed by atoms with Gasteiger partial charge in [0.05, 0.1) is 12.0 Å². The molecule has 0 bridgehead atoms. The standard InChI is InChI=1S/C20H21F7N8O2S/c21-13(9-30-10-14(33-28)16(36)31-4-3-19(22,23)24)1-2-15-34-35-18(38-15)17(37)32-7-11-5-12(8-29-6-11)20(25,26)27/h5-6,8,10,13,28,30H,1-4,7,9H2,(H,31,36)(H,32,37)/b14-10-,33-28?. The van der Waals surface area contributed by atoms with Crippen LogP contribution in [0.15, 0.2) is 35.5 Å². The number of amides is 2. The Morgan fingerprint density at radius 3 is 2.53 bits per heavy atom. The monoisotopic (exact) mass is 570 g/mol. The predicted molar refractivity (Wildman–Crippen MR) is 118 cm³/mol. The van der Waals surface area contributed by atoms with Gasteiger partial charge in [-0.1, -0.05) is 11.3 Å². The molecule has 0 aliphatic heterocycles. The molecular formula is C20H21F7N8O2S. The van der Waals surface area contributed by atoms with E-state index in [0.717, 1.165) is 23.6 Å². The number of nitrogens with one attached hydrogen (secondary N) is 4. The summed E-state index contributed by atoms with van der Waals surface area (Å²) in [7, 11) is 0. The van der Waals surface area contributed by atoms with Gasteiger partial charge in [-0.3, -0.25) is 14.6 Å². The van der Waals surface area contributed by atoms with Gasteiger partial charge in [0.25, 0.3) is 11.8 Å². The lowest BCUT2D eigenvalue weighted by Crippen LogP contribution is -2.29. The van der Waals surface area contributed by atoms with E-state index in [1.165, 1.54) is 6.20 Å². The highest BCUT2D eigenvalue weighted by atomic mass is 32.1. The molecule has 2 aromatic heterocycles. The van der Waals surface area contributed by atoms with Crippen LogP contribution >= 0.6 is 11.3 Å². The lowest BCUT2D eigenvalue weighted by Gasteiger charge is -2.09. The highest BCUT2D eigenvalue weighted by Crippen LogP contribution is 2.28. The van der Waals surface area contributed by atoms with E-state index in [1.807, 2.05) is 5.32 Å². The molecule has 0 aliphatic carbocycles.